The maximum absolute atomic E-state index is 10.2. The molecule has 2 aliphatic rings. The van der Waals surface area contributed by atoms with Gasteiger partial charge in [-0.15, -0.1) is 0 Å². The molecule has 1 saturated carbocycles. The third-order valence-corrected chi connectivity index (χ3v) is 5.22. The van der Waals surface area contributed by atoms with Crippen molar-refractivity contribution in [3.05, 3.63) is 0 Å². The Morgan fingerprint density at radius 2 is 1.81 bits per heavy atom. The van der Waals surface area contributed by atoms with E-state index in [2.05, 4.69) is 32.6 Å². The zero-order chi connectivity index (χ0) is 15.5. The number of hydrogen-bond donors (Lipinski definition) is 1. The third-order valence-electron chi connectivity index (χ3n) is 5.22. The molecule has 1 N–H and O–H groups in total. The Hall–Kier alpha value is -0.120. The van der Waals surface area contributed by atoms with Crippen molar-refractivity contribution < 1.29 is 9.84 Å². The van der Waals surface area contributed by atoms with Crippen molar-refractivity contribution in [3.8, 4) is 0 Å². The first-order valence-corrected chi connectivity index (χ1v) is 8.86. The molecule has 3 nitrogen and oxygen atoms in total. The van der Waals surface area contributed by atoms with E-state index in [4.69, 9.17) is 4.74 Å². The highest BCUT2D eigenvalue weighted by molar-refractivity contribution is 4.83. The molecular formula is C18H35NO2. The molecule has 21 heavy (non-hydrogen) atoms. The molecule has 0 aromatic heterocycles. The van der Waals surface area contributed by atoms with Gasteiger partial charge in [-0.3, -0.25) is 0 Å². The molecule has 1 heterocycles. The standard InChI is InChI=1S/C18H35NO2/c1-14-5-7-19(8-6-14)12-16(20)13-21-17-9-15(2)10-18(3,4)11-17/h14-17,20H,5-13H2,1-4H3/t15-,16-,17-/m0/s1. The number of ether oxygens (including phenoxy) is 1. The largest absolute Gasteiger partial charge is 0.389 e. The summed E-state index contributed by atoms with van der Waals surface area (Å²) in [4.78, 5) is 2.39. The van der Waals surface area contributed by atoms with Gasteiger partial charge in [0.25, 0.3) is 0 Å². The van der Waals surface area contributed by atoms with Gasteiger partial charge in [0.05, 0.1) is 18.8 Å². The summed E-state index contributed by atoms with van der Waals surface area (Å²) >= 11 is 0. The minimum absolute atomic E-state index is 0.333. The van der Waals surface area contributed by atoms with Crippen molar-refractivity contribution >= 4 is 0 Å². The first-order chi connectivity index (χ1) is 9.84. The van der Waals surface area contributed by atoms with Gasteiger partial charge in [-0.2, -0.15) is 0 Å². The van der Waals surface area contributed by atoms with Gasteiger partial charge >= 0.3 is 0 Å². The molecule has 1 aliphatic carbocycles. The Morgan fingerprint density at radius 3 is 2.43 bits per heavy atom. The lowest BCUT2D eigenvalue weighted by Crippen LogP contribution is -2.41. The van der Waals surface area contributed by atoms with Crippen LogP contribution in [0.2, 0.25) is 0 Å². The van der Waals surface area contributed by atoms with E-state index in [0.717, 1.165) is 44.3 Å². The lowest BCUT2D eigenvalue weighted by molar-refractivity contribution is -0.0626. The smallest absolute Gasteiger partial charge is 0.0900 e. The fraction of sp³-hybridized carbons (Fsp3) is 1.00. The molecule has 0 aromatic rings. The first kappa shape index (κ1) is 17.2. The summed E-state index contributed by atoms with van der Waals surface area (Å²) in [7, 11) is 0. The van der Waals surface area contributed by atoms with E-state index < -0.39 is 0 Å². The Morgan fingerprint density at radius 1 is 1.14 bits per heavy atom. The highest BCUT2D eigenvalue weighted by Gasteiger charge is 2.32. The van der Waals surface area contributed by atoms with Crippen LogP contribution >= 0.6 is 0 Å². The van der Waals surface area contributed by atoms with Crippen molar-refractivity contribution in [3.63, 3.8) is 0 Å². The molecule has 124 valence electrons. The molecule has 3 atom stereocenters. The minimum Gasteiger partial charge on any atom is -0.389 e. The summed E-state index contributed by atoms with van der Waals surface area (Å²) in [5.74, 6) is 1.58. The molecule has 0 amide bonds. The second-order valence-corrected chi connectivity index (χ2v) is 8.51. The van der Waals surface area contributed by atoms with Crippen LogP contribution in [0.5, 0.6) is 0 Å². The topological polar surface area (TPSA) is 32.7 Å². The SMILES string of the molecule is CC1CCN(C[C@H](O)CO[C@H]2C[C@H](C)CC(C)(C)C2)CC1. The molecule has 2 fully saturated rings. The molecule has 3 heteroatoms. The van der Waals surface area contributed by atoms with Crippen LogP contribution in [0.1, 0.15) is 59.8 Å². The minimum atomic E-state index is -0.334. The maximum atomic E-state index is 10.2. The van der Waals surface area contributed by atoms with Crippen molar-refractivity contribution in [2.45, 2.75) is 72.0 Å². The van der Waals surface area contributed by atoms with Crippen LogP contribution in [0.4, 0.5) is 0 Å². The van der Waals surface area contributed by atoms with Gasteiger partial charge in [-0.05, 0) is 62.4 Å². The van der Waals surface area contributed by atoms with E-state index in [9.17, 15) is 5.11 Å². The average molecular weight is 297 g/mol. The van der Waals surface area contributed by atoms with Gasteiger partial charge in [0.15, 0.2) is 0 Å². The van der Waals surface area contributed by atoms with Gasteiger partial charge in [0.2, 0.25) is 0 Å². The van der Waals surface area contributed by atoms with Crippen molar-refractivity contribution in [2.75, 3.05) is 26.2 Å². The van der Waals surface area contributed by atoms with Crippen molar-refractivity contribution in [2.24, 2.45) is 17.3 Å². The predicted molar refractivity (Wildman–Crippen MR) is 87.4 cm³/mol. The Labute approximate surface area is 131 Å². The second-order valence-electron chi connectivity index (χ2n) is 8.51. The van der Waals surface area contributed by atoms with Gasteiger partial charge in [-0.25, -0.2) is 0 Å². The van der Waals surface area contributed by atoms with E-state index in [1.165, 1.54) is 19.3 Å². The fourth-order valence-corrected chi connectivity index (χ4v) is 4.23. The number of aliphatic hydroxyl groups excluding tert-OH is 1. The van der Waals surface area contributed by atoms with Crippen LogP contribution < -0.4 is 0 Å². The number of aliphatic hydroxyl groups is 1. The van der Waals surface area contributed by atoms with Gasteiger partial charge in [0.1, 0.15) is 0 Å². The summed E-state index contributed by atoms with van der Waals surface area (Å²) in [6.45, 7) is 12.9. The number of nitrogens with zero attached hydrogens (tertiary/aromatic N) is 1. The van der Waals surface area contributed by atoms with Crippen LogP contribution in [0.3, 0.4) is 0 Å². The Kier molecular flexibility index (Phi) is 6.10. The summed E-state index contributed by atoms with van der Waals surface area (Å²) in [5, 5.41) is 10.2. The Bertz CT molecular complexity index is 310. The molecule has 1 saturated heterocycles. The van der Waals surface area contributed by atoms with E-state index in [1.807, 2.05) is 0 Å². The first-order valence-electron chi connectivity index (χ1n) is 8.86. The zero-order valence-corrected chi connectivity index (χ0v) is 14.5. The highest BCUT2D eigenvalue weighted by Crippen LogP contribution is 2.39. The number of β-amino-alcohol motifs (C(OH)–C–C–N with tert-alkyl or cyclic N) is 1. The molecule has 2 rings (SSSR count). The molecule has 0 bridgehead atoms. The van der Waals surface area contributed by atoms with Crippen LogP contribution in [0.15, 0.2) is 0 Å². The normalized spacial score (nSPS) is 33.0. The highest BCUT2D eigenvalue weighted by atomic mass is 16.5. The van der Waals surface area contributed by atoms with Gasteiger partial charge in [-0.1, -0.05) is 27.7 Å². The maximum Gasteiger partial charge on any atom is 0.0900 e. The monoisotopic (exact) mass is 297 g/mol. The lowest BCUT2D eigenvalue weighted by Gasteiger charge is -2.39. The van der Waals surface area contributed by atoms with E-state index in [1.54, 1.807) is 0 Å². The lowest BCUT2D eigenvalue weighted by atomic mass is 9.71. The number of rotatable bonds is 5. The van der Waals surface area contributed by atoms with Crippen molar-refractivity contribution in [1.82, 2.24) is 4.90 Å². The quantitative estimate of drug-likeness (QED) is 0.845. The van der Waals surface area contributed by atoms with Crippen LogP contribution in [-0.4, -0.2) is 48.5 Å². The summed E-state index contributed by atoms with van der Waals surface area (Å²) in [6, 6.07) is 0. The summed E-state index contributed by atoms with van der Waals surface area (Å²) in [6.07, 6.45) is 6.10. The molecule has 0 unspecified atom stereocenters. The molecular weight excluding hydrogens is 262 g/mol. The van der Waals surface area contributed by atoms with Crippen molar-refractivity contribution in [1.29, 1.82) is 0 Å². The molecule has 0 aromatic carbocycles. The van der Waals surface area contributed by atoms with Crippen LogP contribution in [0, 0.1) is 17.3 Å². The molecule has 0 radical (unpaired) electrons. The van der Waals surface area contributed by atoms with E-state index in [-0.39, 0.29) is 6.10 Å². The molecule has 0 spiro atoms. The van der Waals surface area contributed by atoms with Crippen LogP contribution in [0.25, 0.3) is 0 Å². The number of hydrogen-bond acceptors (Lipinski definition) is 3. The fourth-order valence-electron chi connectivity index (χ4n) is 4.23. The van der Waals surface area contributed by atoms with Crippen LogP contribution in [-0.2, 0) is 4.74 Å². The predicted octanol–water partition coefficient (Wildman–Crippen LogP) is 3.31. The third kappa shape index (κ3) is 5.88. The van der Waals surface area contributed by atoms with Gasteiger partial charge < -0.3 is 14.7 Å². The van der Waals surface area contributed by atoms with E-state index >= 15 is 0 Å². The second kappa shape index (κ2) is 7.43. The summed E-state index contributed by atoms with van der Waals surface area (Å²) < 4.78 is 6.04. The number of likely N-dealkylation sites (tertiary alicyclic amines) is 1. The average Bonchev–Trinajstić information content (AvgIpc) is 2.37. The van der Waals surface area contributed by atoms with E-state index in [0.29, 0.717) is 18.1 Å². The number of piperidine rings is 1. The Balaban J connectivity index is 1.67. The molecule has 1 aliphatic heterocycles. The zero-order valence-electron chi connectivity index (χ0n) is 14.5. The summed E-state index contributed by atoms with van der Waals surface area (Å²) in [5.41, 5.74) is 0.385. The van der Waals surface area contributed by atoms with Gasteiger partial charge in [0, 0.05) is 6.54 Å².